The highest BCUT2D eigenvalue weighted by atomic mass is 16.5. The number of amides is 3. The number of hydrogen-bond donors (Lipinski definition) is 4. The smallest absolute Gasteiger partial charge is 0.243 e. The van der Waals surface area contributed by atoms with E-state index in [2.05, 4.69) is 21.3 Å². The largest absolute Gasteiger partial charge is 0.492 e. The van der Waals surface area contributed by atoms with Gasteiger partial charge in [-0.05, 0) is 24.5 Å². The Kier molecular flexibility index (Phi) is 10.7. The molecule has 0 bridgehead atoms. The number of carbonyl (C=O) groups excluding carboxylic acids is 3. The van der Waals surface area contributed by atoms with Gasteiger partial charge in [-0.2, -0.15) is 0 Å². The lowest BCUT2D eigenvalue weighted by Crippen LogP contribution is -2.57. The van der Waals surface area contributed by atoms with Gasteiger partial charge in [-0.3, -0.25) is 14.4 Å². The first kappa shape index (κ1) is 27.9. The molecular formula is C29H38N4O4. The first-order valence-electron chi connectivity index (χ1n) is 12.9. The zero-order chi connectivity index (χ0) is 26.6. The summed E-state index contributed by atoms with van der Waals surface area (Å²) in [5, 5.41) is 11.8. The topological polar surface area (TPSA) is 109 Å². The molecule has 198 valence electrons. The van der Waals surface area contributed by atoms with E-state index in [-0.39, 0.29) is 17.7 Å². The monoisotopic (exact) mass is 506 g/mol. The van der Waals surface area contributed by atoms with Crippen molar-refractivity contribution in [1.29, 1.82) is 0 Å². The van der Waals surface area contributed by atoms with Gasteiger partial charge >= 0.3 is 0 Å². The van der Waals surface area contributed by atoms with E-state index >= 15 is 0 Å². The van der Waals surface area contributed by atoms with E-state index in [1.807, 2.05) is 80.6 Å². The third kappa shape index (κ3) is 8.46. The van der Waals surface area contributed by atoms with Gasteiger partial charge in [0.25, 0.3) is 0 Å². The molecule has 8 heteroatoms. The molecule has 3 amide bonds. The van der Waals surface area contributed by atoms with Crippen LogP contribution in [-0.2, 0) is 20.8 Å². The highest BCUT2D eigenvalue weighted by Crippen LogP contribution is 2.19. The molecule has 4 N–H and O–H groups in total. The maximum atomic E-state index is 13.1. The van der Waals surface area contributed by atoms with E-state index in [9.17, 15) is 14.4 Å². The van der Waals surface area contributed by atoms with Crippen LogP contribution in [0, 0.1) is 5.92 Å². The summed E-state index contributed by atoms with van der Waals surface area (Å²) >= 11 is 0. The molecule has 3 rings (SSSR count). The Morgan fingerprint density at radius 3 is 2.43 bits per heavy atom. The highest BCUT2D eigenvalue weighted by Gasteiger charge is 2.28. The average Bonchev–Trinajstić information content (AvgIpc) is 2.90. The Bertz CT molecular complexity index is 1070. The summed E-state index contributed by atoms with van der Waals surface area (Å²) < 4.78 is 5.98. The highest BCUT2D eigenvalue weighted by molar-refractivity contribution is 5.93. The second-order valence-electron chi connectivity index (χ2n) is 9.33. The van der Waals surface area contributed by atoms with Crippen LogP contribution in [-0.4, -0.2) is 55.5 Å². The minimum absolute atomic E-state index is 0.0488. The van der Waals surface area contributed by atoms with Crippen LogP contribution in [0.1, 0.15) is 38.3 Å². The summed E-state index contributed by atoms with van der Waals surface area (Å²) in [6, 6.07) is 15.1. The normalized spacial score (nSPS) is 22.8. The Balaban J connectivity index is 1.84. The fraction of sp³-hybridized carbons (Fsp3) is 0.414. The van der Waals surface area contributed by atoms with Crippen molar-refractivity contribution in [1.82, 2.24) is 21.3 Å². The van der Waals surface area contributed by atoms with Crippen LogP contribution in [0.25, 0.3) is 6.08 Å². The predicted octanol–water partition coefficient (Wildman–Crippen LogP) is 2.44. The van der Waals surface area contributed by atoms with Crippen LogP contribution in [0.2, 0.25) is 0 Å². The summed E-state index contributed by atoms with van der Waals surface area (Å²) in [5.74, 6) is -0.204. The molecule has 1 aliphatic heterocycles. The van der Waals surface area contributed by atoms with Crippen LogP contribution < -0.4 is 26.0 Å². The van der Waals surface area contributed by atoms with Crippen LogP contribution in [0.4, 0.5) is 0 Å². The van der Waals surface area contributed by atoms with Crippen molar-refractivity contribution >= 4 is 23.8 Å². The van der Waals surface area contributed by atoms with Gasteiger partial charge in [0.05, 0.1) is 6.04 Å². The maximum absolute atomic E-state index is 13.1. The van der Waals surface area contributed by atoms with Crippen LogP contribution in [0.5, 0.6) is 5.75 Å². The van der Waals surface area contributed by atoms with Gasteiger partial charge in [0, 0.05) is 25.1 Å². The van der Waals surface area contributed by atoms with E-state index in [0.29, 0.717) is 26.1 Å². The standard InChI is InChI=1S/C29H38N4O4/c1-4-20(2)26-29(36)32-21(3)27(34)33-24(19-22-11-6-5-7-12-22)28(35)31-16-10-14-23-13-8-9-15-25(23)37-18-17-30-26/h5-15,20-21,24,26,30H,4,16-19H2,1-3H3,(H,31,35)(H,32,36)(H,33,34)/t20?,21-,24+,26+/m1/s1. The first-order chi connectivity index (χ1) is 17.9. The van der Waals surface area contributed by atoms with Crippen LogP contribution >= 0.6 is 0 Å². The van der Waals surface area contributed by atoms with E-state index < -0.39 is 24.0 Å². The minimum atomic E-state index is -0.811. The van der Waals surface area contributed by atoms with E-state index in [1.165, 1.54) is 0 Å². The number of fused-ring (bicyclic) bond motifs is 1. The third-order valence-electron chi connectivity index (χ3n) is 6.50. The number of rotatable bonds is 4. The number of hydrogen-bond acceptors (Lipinski definition) is 5. The molecule has 0 saturated heterocycles. The lowest BCUT2D eigenvalue weighted by atomic mass is 9.98. The average molecular weight is 507 g/mol. The van der Waals surface area contributed by atoms with Gasteiger partial charge in [-0.15, -0.1) is 0 Å². The molecule has 8 nitrogen and oxygen atoms in total. The predicted molar refractivity (Wildman–Crippen MR) is 145 cm³/mol. The van der Waals surface area contributed by atoms with Crippen molar-refractivity contribution in [3.63, 3.8) is 0 Å². The number of carbonyl (C=O) groups is 3. The molecule has 0 spiro atoms. The maximum Gasteiger partial charge on any atom is 0.243 e. The second-order valence-corrected chi connectivity index (χ2v) is 9.33. The van der Waals surface area contributed by atoms with Gasteiger partial charge in [-0.1, -0.05) is 81.0 Å². The number of nitrogens with one attached hydrogen (secondary N) is 4. The second kappa shape index (κ2) is 14.2. The summed E-state index contributed by atoms with van der Waals surface area (Å²) in [4.78, 5) is 39.2. The molecule has 1 aliphatic rings. The zero-order valence-electron chi connectivity index (χ0n) is 21.8. The van der Waals surface area contributed by atoms with Gasteiger partial charge in [0.15, 0.2) is 0 Å². The molecule has 0 aromatic heterocycles. The fourth-order valence-electron chi connectivity index (χ4n) is 4.11. The summed E-state index contributed by atoms with van der Waals surface area (Å²) in [6.45, 7) is 6.77. The summed E-state index contributed by atoms with van der Waals surface area (Å²) in [7, 11) is 0. The summed E-state index contributed by atoms with van der Waals surface area (Å²) in [5.41, 5.74) is 1.81. The molecule has 4 atom stereocenters. The molecule has 37 heavy (non-hydrogen) atoms. The van der Waals surface area contributed by atoms with Crippen molar-refractivity contribution in [3.8, 4) is 5.75 Å². The molecular weight excluding hydrogens is 468 g/mol. The SMILES string of the molecule is CCC(C)[C@@H]1NCCOc2ccccc2C=CCNC(=O)[C@H](Cc2ccccc2)NC(=O)[C@@H](C)NC1=O. The third-order valence-corrected chi connectivity index (χ3v) is 6.50. The van der Waals surface area contributed by atoms with Crippen molar-refractivity contribution in [2.75, 3.05) is 19.7 Å². The summed E-state index contributed by atoms with van der Waals surface area (Å²) in [6.07, 6.45) is 4.87. The Labute approximate surface area is 219 Å². The minimum Gasteiger partial charge on any atom is -0.492 e. The Morgan fingerprint density at radius 2 is 1.68 bits per heavy atom. The van der Waals surface area contributed by atoms with Gasteiger partial charge in [-0.25, -0.2) is 0 Å². The van der Waals surface area contributed by atoms with Crippen LogP contribution in [0.15, 0.2) is 60.7 Å². The Morgan fingerprint density at radius 1 is 0.946 bits per heavy atom. The molecule has 2 aromatic rings. The Hall–Kier alpha value is -3.65. The molecule has 1 unspecified atom stereocenters. The van der Waals surface area contributed by atoms with Crippen molar-refractivity contribution in [2.24, 2.45) is 5.92 Å². The molecule has 0 saturated carbocycles. The molecule has 0 aliphatic carbocycles. The lowest BCUT2D eigenvalue weighted by Gasteiger charge is -2.26. The van der Waals surface area contributed by atoms with Gasteiger partial charge in [0.1, 0.15) is 24.4 Å². The van der Waals surface area contributed by atoms with Crippen molar-refractivity contribution < 1.29 is 19.1 Å². The fourth-order valence-corrected chi connectivity index (χ4v) is 4.11. The number of ether oxygens (including phenoxy) is 1. The number of para-hydroxylation sites is 1. The van der Waals surface area contributed by atoms with Crippen molar-refractivity contribution in [3.05, 3.63) is 71.8 Å². The number of benzene rings is 2. The quantitative estimate of drug-likeness (QED) is 0.510. The van der Waals surface area contributed by atoms with Gasteiger partial charge < -0.3 is 26.0 Å². The molecule has 0 radical (unpaired) electrons. The van der Waals surface area contributed by atoms with Crippen molar-refractivity contribution in [2.45, 2.75) is 51.7 Å². The zero-order valence-corrected chi connectivity index (χ0v) is 21.8. The van der Waals surface area contributed by atoms with E-state index in [1.54, 1.807) is 6.92 Å². The molecule has 2 aromatic carbocycles. The lowest BCUT2D eigenvalue weighted by molar-refractivity contribution is -0.132. The van der Waals surface area contributed by atoms with E-state index in [0.717, 1.165) is 23.3 Å². The van der Waals surface area contributed by atoms with Gasteiger partial charge in [0.2, 0.25) is 17.7 Å². The van der Waals surface area contributed by atoms with E-state index in [4.69, 9.17) is 4.74 Å². The first-order valence-corrected chi connectivity index (χ1v) is 12.9. The van der Waals surface area contributed by atoms with Crippen LogP contribution in [0.3, 0.4) is 0 Å². The molecule has 1 heterocycles. The molecule has 0 fully saturated rings.